The van der Waals surface area contributed by atoms with Crippen LogP contribution in [0.1, 0.15) is 55.8 Å². The molecule has 1 unspecified atom stereocenters. The van der Waals surface area contributed by atoms with Crippen LogP contribution in [0.5, 0.6) is 0 Å². The second-order valence-corrected chi connectivity index (χ2v) is 5.13. The predicted octanol–water partition coefficient (Wildman–Crippen LogP) is 2.86. The minimum Gasteiger partial charge on any atom is -0.271 e. The maximum Gasteiger partial charge on any atom is 0.0503 e. The Hall–Kier alpha value is -0.930. The Morgan fingerprint density at radius 2 is 1.94 bits per heavy atom. The molecule has 3 N–H and O–H groups in total. The SMILES string of the molecule is Cc1ccc(C(NN)C2CCCCCC2)cn1. The standard InChI is InChI=1S/C14H23N3/c1-11-8-9-13(10-16-11)14(17-15)12-6-4-2-3-5-7-12/h8-10,12,14,17H,2-7,15H2,1H3. The van der Waals surface area contributed by atoms with Crippen LogP contribution in [0.3, 0.4) is 0 Å². The first-order chi connectivity index (χ1) is 8.31. The maximum absolute atomic E-state index is 5.75. The highest BCUT2D eigenvalue weighted by Gasteiger charge is 2.23. The Kier molecular flexibility index (Phi) is 4.51. The van der Waals surface area contributed by atoms with Crippen molar-refractivity contribution in [2.24, 2.45) is 11.8 Å². The molecule has 0 saturated heterocycles. The normalized spacial score (nSPS) is 19.9. The average Bonchev–Trinajstić information content (AvgIpc) is 2.62. The summed E-state index contributed by atoms with van der Waals surface area (Å²) in [6.45, 7) is 2.01. The zero-order valence-corrected chi connectivity index (χ0v) is 10.7. The van der Waals surface area contributed by atoms with Crippen LogP contribution in [0, 0.1) is 12.8 Å². The van der Waals surface area contributed by atoms with E-state index < -0.39 is 0 Å². The van der Waals surface area contributed by atoms with Gasteiger partial charge in [0.25, 0.3) is 0 Å². The minimum atomic E-state index is 0.265. The Balaban J connectivity index is 2.11. The molecule has 94 valence electrons. The summed E-state index contributed by atoms with van der Waals surface area (Å²) in [5, 5.41) is 0. The molecule has 1 heterocycles. The summed E-state index contributed by atoms with van der Waals surface area (Å²) >= 11 is 0. The Labute approximate surface area is 104 Å². The summed E-state index contributed by atoms with van der Waals surface area (Å²) in [7, 11) is 0. The summed E-state index contributed by atoms with van der Waals surface area (Å²) in [5.74, 6) is 6.41. The number of hydrogen-bond donors (Lipinski definition) is 2. The molecular weight excluding hydrogens is 210 g/mol. The van der Waals surface area contributed by atoms with Crippen molar-refractivity contribution in [3.63, 3.8) is 0 Å². The van der Waals surface area contributed by atoms with Gasteiger partial charge in [-0.15, -0.1) is 0 Å². The molecular formula is C14H23N3. The molecule has 1 fully saturated rings. The molecule has 0 spiro atoms. The van der Waals surface area contributed by atoms with Gasteiger partial charge in [-0.2, -0.15) is 0 Å². The fraction of sp³-hybridized carbons (Fsp3) is 0.643. The summed E-state index contributed by atoms with van der Waals surface area (Å²) < 4.78 is 0. The molecule has 3 nitrogen and oxygen atoms in total. The summed E-state index contributed by atoms with van der Waals surface area (Å²) in [6.07, 6.45) is 9.94. The van der Waals surface area contributed by atoms with Crippen molar-refractivity contribution >= 4 is 0 Å². The van der Waals surface area contributed by atoms with E-state index in [0.717, 1.165) is 5.69 Å². The van der Waals surface area contributed by atoms with Crippen molar-refractivity contribution in [2.75, 3.05) is 0 Å². The summed E-state index contributed by atoms with van der Waals surface area (Å²) in [4.78, 5) is 4.37. The van der Waals surface area contributed by atoms with Crippen LogP contribution in [0.25, 0.3) is 0 Å². The third kappa shape index (κ3) is 3.27. The topological polar surface area (TPSA) is 50.9 Å². The molecule has 0 aliphatic heterocycles. The quantitative estimate of drug-likeness (QED) is 0.479. The minimum absolute atomic E-state index is 0.265. The molecule has 1 aromatic heterocycles. The van der Waals surface area contributed by atoms with Gasteiger partial charge in [-0.3, -0.25) is 16.3 Å². The highest BCUT2D eigenvalue weighted by molar-refractivity contribution is 5.18. The van der Waals surface area contributed by atoms with Gasteiger partial charge >= 0.3 is 0 Å². The van der Waals surface area contributed by atoms with E-state index >= 15 is 0 Å². The van der Waals surface area contributed by atoms with E-state index in [0.29, 0.717) is 5.92 Å². The van der Waals surface area contributed by atoms with E-state index in [1.165, 1.54) is 44.1 Å². The second kappa shape index (κ2) is 6.12. The van der Waals surface area contributed by atoms with Gasteiger partial charge in [0.1, 0.15) is 0 Å². The first-order valence-electron chi connectivity index (χ1n) is 6.70. The fourth-order valence-electron chi connectivity index (χ4n) is 2.81. The molecule has 17 heavy (non-hydrogen) atoms. The zero-order chi connectivity index (χ0) is 12.1. The Morgan fingerprint density at radius 3 is 2.47 bits per heavy atom. The highest BCUT2D eigenvalue weighted by atomic mass is 15.2. The van der Waals surface area contributed by atoms with Gasteiger partial charge in [0, 0.05) is 11.9 Å². The van der Waals surface area contributed by atoms with E-state index in [-0.39, 0.29) is 6.04 Å². The first kappa shape index (κ1) is 12.5. The van der Waals surface area contributed by atoms with Gasteiger partial charge in [-0.05, 0) is 37.3 Å². The largest absolute Gasteiger partial charge is 0.271 e. The first-order valence-corrected chi connectivity index (χ1v) is 6.70. The smallest absolute Gasteiger partial charge is 0.0503 e. The molecule has 0 aromatic carbocycles. The van der Waals surface area contributed by atoms with Crippen LogP contribution in [0.2, 0.25) is 0 Å². The molecule has 1 saturated carbocycles. The zero-order valence-electron chi connectivity index (χ0n) is 10.7. The number of hydrogen-bond acceptors (Lipinski definition) is 3. The van der Waals surface area contributed by atoms with Gasteiger partial charge in [-0.1, -0.05) is 31.7 Å². The molecule has 1 aliphatic rings. The van der Waals surface area contributed by atoms with Gasteiger partial charge in [0.05, 0.1) is 6.04 Å². The third-order valence-electron chi connectivity index (χ3n) is 3.84. The fourth-order valence-corrected chi connectivity index (χ4v) is 2.81. The Bertz CT molecular complexity index is 326. The predicted molar refractivity (Wildman–Crippen MR) is 70.2 cm³/mol. The van der Waals surface area contributed by atoms with E-state index in [1.54, 1.807) is 0 Å². The lowest BCUT2D eigenvalue weighted by molar-refractivity contribution is 0.328. The number of nitrogens with one attached hydrogen (secondary N) is 1. The van der Waals surface area contributed by atoms with Crippen molar-refractivity contribution < 1.29 is 0 Å². The number of nitrogens with zero attached hydrogens (tertiary/aromatic N) is 1. The van der Waals surface area contributed by atoms with Gasteiger partial charge < -0.3 is 0 Å². The lowest BCUT2D eigenvalue weighted by Crippen LogP contribution is -2.33. The second-order valence-electron chi connectivity index (χ2n) is 5.13. The number of rotatable bonds is 3. The van der Waals surface area contributed by atoms with Crippen LogP contribution < -0.4 is 11.3 Å². The van der Waals surface area contributed by atoms with Crippen molar-refractivity contribution in [2.45, 2.75) is 51.5 Å². The molecule has 3 heteroatoms. The van der Waals surface area contributed by atoms with Gasteiger partial charge in [0.2, 0.25) is 0 Å². The molecule has 1 aromatic rings. The van der Waals surface area contributed by atoms with Crippen LogP contribution in [0.15, 0.2) is 18.3 Å². The van der Waals surface area contributed by atoms with Gasteiger partial charge in [-0.25, -0.2) is 0 Å². The van der Waals surface area contributed by atoms with Gasteiger partial charge in [0.15, 0.2) is 0 Å². The molecule has 2 rings (SSSR count). The van der Waals surface area contributed by atoms with Crippen LogP contribution in [-0.4, -0.2) is 4.98 Å². The lowest BCUT2D eigenvalue weighted by Gasteiger charge is -2.25. The highest BCUT2D eigenvalue weighted by Crippen LogP contribution is 2.32. The molecule has 0 radical (unpaired) electrons. The number of nitrogens with two attached hydrogens (primary N) is 1. The molecule has 1 atom stereocenters. The monoisotopic (exact) mass is 233 g/mol. The molecule has 0 amide bonds. The van der Waals surface area contributed by atoms with Crippen molar-refractivity contribution in [1.29, 1.82) is 0 Å². The Morgan fingerprint density at radius 1 is 1.24 bits per heavy atom. The average molecular weight is 233 g/mol. The molecule has 1 aliphatic carbocycles. The van der Waals surface area contributed by atoms with Crippen LogP contribution in [-0.2, 0) is 0 Å². The number of aryl methyl sites for hydroxylation is 1. The van der Waals surface area contributed by atoms with Crippen molar-refractivity contribution in [3.05, 3.63) is 29.6 Å². The lowest BCUT2D eigenvalue weighted by atomic mass is 9.88. The van der Waals surface area contributed by atoms with Crippen molar-refractivity contribution in [1.82, 2.24) is 10.4 Å². The number of aromatic nitrogens is 1. The van der Waals surface area contributed by atoms with E-state index in [1.807, 2.05) is 13.1 Å². The van der Waals surface area contributed by atoms with E-state index in [9.17, 15) is 0 Å². The van der Waals surface area contributed by atoms with Crippen molar-refractivity contribution in [3.8, 4) is 0 Å². The van der Waals surface area contributed by atoms with E-state index in [2.05, 4.69) is 22.5 Å². The number of pyridine rings is 1. The molecule has 0 bridgehead atoms. The summed E-state index contributed by atoms with van der Waals surface area (Å²) in [6, 6.07) is 4.48. The maximum atomic E-state index is 5.75. The van der Waals surface area contributed by atoms with Crippen LogP contribution in [0.4, 0.5) is 0 Å². The third-order valence-corrected chi connectivity index (χ3v) is 3.84. The van der Waals surface area contributed by atoms with Crippen LogP contribution >= 0.6 is 0 Å². The summed E-state index contributed by atoms with van der Waals surface area (Å²) in [5.41, 5.74) is 5.28. The van der Waals surface area contributed by atoms with E-state index in [4.69, 9.17) is 5.84 Å². The number of hydrazine groups is 1.